The van der Waals surface area contributed by atoms with E-state index in [2.05, 4.69) is 59.4 Å². The van der Waals surface area contributed by atoms with Crippen molar-refractivity contribution in [3.8, 4) is 0 Å². The largest absolute Gasteiger partial charge is 0.381 e. The minimum Gasteiger partial charge on any atom is -0.381 e. The lowest BCUT2D eigenvalue weighted by Crippen LogP contribution is -2.36. The van der Waals surface area contributed by atoms with Crippen molar-refractivity contribution in [1.29, 1.82) is 0 Å². The normalized spacial score (nSPS) is 22.9. The van der Waals surface area contributed by atoms with Crippen LogP contribution < -0.4 is 5.32 Å². The van der Waals surface area contributed by atoms with E-state index in [-0.39, 0.29) is 0 Å². The molecule has 1 aromatic rings. The van der Waals surface area contributed by atoms with Crippen LogP contribution in [0.1, 0.15) is 38.3 Å². The quantitative estimate of drug-likeness (QED) is 0.890. The van der Waals surface area contributed by atoms with Crippen molar-refractivity contribution in [2.24, 2.45) is 5.92 Å². The van der Waals surface area contributed by atoms with E-state index < -0.39 is 0 Å². The zero-order valence-electron chi connectivity index (χ0n) is 11.2. The molecule has 3 unspecified atom stereocenters. The van der Waals surface area contributed by atoms with Crippen molar-refractivity contribution >= 4 is 15.9 Å². The summed E-state index contributed by atoms with van der Waals surface area (Å²) in [5.74, 6) is 0.662. The van der Waals surface area contributed by atoms with E-state index >= 15 is 0 Å². The fourth-order valence-corrected chi connectivity index (χ4v) is 2.81. The number of hydrogen-bond acceptors (Lipinski definition) is 2. The van der Waals surface area contributed by atoms with Gasteiger partial charge in [0.25, 0.3) is 0 Å². The molecule has 2 nitrogen and oxygen atoms in total. The van der Waals surface area contributed by atoms with Crippen molar-refractivity contribution in [2.75, 3.05) is 13.2 Å². The highest BCUT2D eigenvalue weighted by Crippen LogP contribution is 2.23. The van der Waals surface area contributed by atoms with Gasteiger partial charge in [0.2, 0.25) is 0 Å². The third-order valence-electron chi connectivity index (χ3n) is 3.82. The van der Waals surface area contributed by atoms with Crippen LogP contribution in [0.25, 0.3) is 0 Å². The highest BCUT2D eigenvalue weighted by atomic mass is 79.9. The van der Waals surface area contributed by atoms with Crippen LogP contribution in [0.4, 0.5) is 0 Å². The molecule has 0 aliphatic carbocycles. The number of halogens is 1. The minimum atomic E-state index is 0.439. The molecule has 0 radical (unpaired) electrons. The van der Waals surface area contributed by atoms with Crippen LogP contribution >= 0.6 is 15.9 Å². The average molecular weight is 312 g/mol. The van der Waals surface area contributed by atoms with Crippen LogP contribution in [0.15, 0.2) is 28.7 Å². The summed E-state index contributed by atoms with van der Waals surface area (Å²) in [4.78, 5) is 0. The van der Waals surface area contributed by atoms with Gasteiger partial charge in [0.1, 0.15) is 0 Å². The van der Waals surface area contributed by atoms with E-state index in [1.807, 2.05) is 0 Å². The SMILES string of the molecule is CCC(NC(C)C1CCOC1)c1ccc(Br)cc1. The van der Waals surface area contributed by atoms with Gasteiger partial charge in [-0.3, -0.25) is 0 Å². The first kappa shape index (κ1) is 14.0. The van der Waals surface area contributed by atoms with Crippen LogP contribution in [0.5, 0.6) is 0 Å². The molecule has 1 aliphatic rings. The van der Waals surface area contributed by atoms with Crippen LogP contribution in [-0.2, 0) is 4.74 Å². The second-order valence-corrected chi connectivity index (χ2v) is 6.01. The molecular weight excluding hydrogens is 290 g/mol. The van der Waals surface area contributed by atoms with E-state index in [1.54, 1.807) is 0 Å². The Balaban J connectivity index is 1.97. The molecule has 100 valence electrons. The molecule has 1 aromatic carbocycles. The standard InChI is InChI=1S/C15H22BrNO/c1-3-15(12-4-6-14(16)7-5-12)17-11(2)13-8-9-18-10-13/h4-7,11,13,15,17H,3,8-10H2,1-2H3. The summed E-state index contributed by atoms with van der Waals surface area (Å²) in [5, 5.41) is 3.75. The van der Waals surface area contributed by atoms with Gasteiger partial charge in [-0.25, -0.2) is 0 Å². The molecular formula is C15H22BrNO. The van der Waals surface area contributed by atoms with Gasteiger partial charge in [-0.2, -0.15) is 0 Å². The summed E-state index contributed by atoms with van der Waals surface area (Å²) in [6, 6.07) is 9.58. The molecule has 1 aliphatic heterocycles. The molecule has 1 saturated heterocycles. The lowest BCUT2D eigenvalue weighted by Gasteiger charge is -2.26. The predicted molar refractivity (Wildman–Crippen MR) is 78.7 cm³/mol. The van der Waals surface area contributed by atoms with Gasteiger partial charge in [0.05, 0.1) is 6.61 Å². The van der Waals surface area contributed by atoms with Gasteiger partial charge >= 0.3 is 0 Å². The van der Waals surface area contributed by atoms with Gasteiger partial charge in [0, 0.05) is 23.2 Å². The van der Waals surface area contributed by atoms with Crippen LogP contribution in [-0.4, -0.2) is 19.3 Å². The number of hydrogen-bond donors (Lipinski definition) is 1. The second-order valence-electron chi connectivity index (χ2n) is 5.09. The van der Waals surface area contributed by atoms with Crippen molar-refractivity contribution < 1.29 is 4.74 Å². The van der Waals surface area contributed by atoms with E-state index in [9.17, 15) is 0 Å². The fraction of sp³-hybridized carbons (Fsp3) is 0.600. The Morgan fingerprint density at radius 2 is 2.11 bits per heavy atom. The molecule has 0 bridgehead atoms. The first-order valence-electron chi connectivity index (χ1n) is 6.80. The van der Waals surface area contributed by atoms with Gasteiger partial charge in [-0.15, -0.1) is 0 Å². The molecule has 3 atom stereocenters. The molecule has 1 fully saturated rings. The van der Waals surface area contributed by atoms with Crippen LogP contribution in [0.2, 0.25) is 0 Å². The topological polar surface area (TPSA) is 21.3 Å². The molecule has 1 N–H and O–H groups in total. The Morgan fingerprint density at radius 1 is 1.39 bits per heavy atom. The first-order chi connectivity index (χ1) is 8.70. The lowest BCUT2D eigenvalue weighted by molar-refractivity contribution is 0.176. The molecule has 3 heteroatoms. The van der Waals surface area contributed by atoms with Gasteiger partial charge in [-0.05, 0) is 43.4 Å². The Hall–Kier alpha value is -0.380. The van der Waals surface area contributed by atoms with E-state index in [0.29, 0.717) is 18.0 Å². The maximum absolute atomic E-state index is 5.47. The predicted octanol–water partition coefficient (Wildman–Crippen LogP) is 3.91. The van der Waals surface area contributed by atoms with Crippen LogP contribution in [0.3, 0.4) is 0 Å². The first-order valence-corrected chi connectivity index (χ1v) is 7.59. The summed E-state index contributed by atoms with van der Waals surface area (Å²) >= 11 is 3.48. The molecule has 18 heavy (non-hydrogen) atoms. The summed E-state index contributed by atoms with van der Waals surface area (Å²) in [5.41, 5.74) is 1.37. The Bertz CT molecular complexity index is 359. The van der Waals surface area contributed by atoms with Gasteiger partial charge in [-0.1, -0.05) is 35.0 Å². The zero-order valence-corrected chi connectivity index (χ0v) is 12.7. The van der Waals surface area contributed by atoms with Crippen molar-refractivity contribution in [2.45, 2.75) is 38.8 Å². The van der Waals surface area contributed by atoms with E-state index in [4.69, 9.17) is 4.74 Å². The van der Waals surface area contributed by atoms with E-state index in [1.165, 1.54) is 12.0 Å². The smallest absolute Gasteiger partial charge is 0.0509 e. The molecule has 0 aromatic heterocycles. The lowest BCUT2D eigenvalue weighted by atomic mass is 9.97. The van der Waals surface area contributed by atoms with E-state index in [0.717, 1.165) is 24.1 Å². The zero-order chi connectivity index (χ0) is 13.0. The van der Waals surface area contributed by atoms with Gasteiger partial charge < -0.3 is 10.1 Å². The maximum atomic E-state index is 5.47. The third-order valence-corrected chi connectivity index (χ3v) is 4.35. The van der Waals surface area contributed by atoms with Crippen LogP contribution in [0, 0.1) is 5.92 Å². The average Bonchev–Trinajstić information content (AvgIpc) is 2.91. The highest BCUT2D eigenvalue weighted by molar-refractivity contribution is 9.10. The summed E-state index contributed by atoms with van der Waals surface area (Å²) in [6.07, 6.45) is 2.30. The summed E-state index contributed by atoms with van der Waals surface area (Å²) in [7, 11) is 0. The van der Waals surface area contributed by atoms with Crippen molar-refractivity contribution in [1.82, 2.24) is 5.32 Å². The molecule has 0 spiro atoms. The minimum absolute atomic E-state index is 0.439. The molecule has 1 heterocycles. The number of benzene rings is 1. The molecule has 2 rings (SSSR count). The third kappa shape index (κ3) is 3.56. The second kappa shape index (κ2) is 6.69. The Kier molecular flexibility index (Phi) is 5.22. The van der Waals surface area contributed by atoms with Crippen molar-refractivity contribution in [3.05, 3.63) is 34.3 Å². The number of ether oxygens (including phenoxy) is 1. The maximum Gasteiger partial charge on any atom is 0.0509 e. The Morgan fingerprint density at radius 3 is 2.67 bits per heavy atom. The van der Waals surface area contributed by atoms with Gasteiger partial charge in [0.15, 0.2) is 0 Å². The Labute approximate surface area is 118 Å². The summed E-state index contributed by atoms with van der Waals surface area (Å²) < 4.78 is 6.61. The monoisotopic (exact) mass is 311 g/mol. The number of nitrogens with one attached hydrogen (secondary N) is 1. The molecule has 0 amide bonds. The highest BCUT2D eigenvalue weighted by Gasteiger charge is 2.24. The number of rotatable bonds is 5. The summed E-state index contributed by atoms with van der Waals surface area (Å²) in [6.45, 7) is 6.34. The van der Waals surface area contributed by atoms with Crippen molar-refractivity contribution in [3.63, 3.8) is 0 Å². The fourth-order valence-electron chi connectivity index (χ4n) is 2.55. The molecule has 0 saturated carbocycles.